The van der Waals surface area contributed by atoms with Crippen molar-refractivity contribution in [2.24, 2.45) is 45.3 Å². The van der Waals surface area contributed by atoms with Gasteiger partial charge in [0, 0.05) is 30.1 Å². The lowest BCUT2D eigenvalue weighted by molar-refractivity contribution is -0.196. The zero-order chi connectivity index (χ0) is 27.6. The van der Waals surface area contributed by atoms with E-state index in [1.807, 2.05) is 0 Å². The number of allylic oxidation sites excluding steroid dienone is 1. The van der Waals surface area contributed by atoms with Gasteiger partial charge in [0.25, 0.3) is 0 Å². The quantitative estimate of drug-likeness (QED) is 0.291. The van der Waals surface area contributed by atoms with E-state index in [0.29, 0.717) is 24.5 Å². The fourth-order valence-corrected chi connectivity index (χ4v) is 10.8. The minimum absolute atomic E-state index is 0.0301. The first-order chi connectivity index (χ1) is 17.6. The number of epoxide rings is 1. The Bertz CT molecular complexity index is 1080. The smallest absolute Gasteiger partial charge is 0.304 e. The Morgan fingerprint density at radius 2 is 1.74 bits per heavy atom. The van der Waals surface area contributed by atoms with Crippen LogP contribution in [0.5, 0.6) is 0 Å². The molecule has 38 heavy (non-hydrogen) atoms. The lowest BCUT2D eigenvalue weighted by Gasteiger charge is -2.67. The second-order valence-electron chi connectivity index (χ2n) is 15.4. The predicted molar refractivity (Wildman–Crippen MR) is 143 cm³/mol. The van der Waals surface area contributed by atoms with Crippen LogP contribution in [0.3, 0.4) is 0 Å². The van der Waals surface area contributed by atoms with Crippen molar-refractivity contribution < 1.29 is 28.9 Å². The van der Waals surface area contributed by atoms with Gasteiger partial charge in [-0.2, -0.15) is 0 Å². The van der Waals surface area contributed by atoms with Crippen LogP contribution < -0.4 is 0 Å². The summed E-state index contributed by atoms with van der Waals surface area (Å²) in [4.78, 5) is 25.0. The summed E-state index contributed by atoms with van der Waals surface area (Å²) in [5.41, 5.74) is 0.442. The van der Waals surface area contributed by atoms with Gasteiger partial charge in [-0.15, -0.1) is 0 Å². The summed E-state index contributed by atoms with van der Waals surface area (Å²) in [6, 6.07) is 0. The average Bonchev–Trinajstić information content (AvgIpc) is 3.11. The van der Waals surface area contributed by atoms with Crippen LogP contribution in [0.2, 0.25) is 0 Å². The van der Waals surface area contributed by atoms with Crippen molar-refractivity contribution in [3.05, 3.63) is 11.6 Å². The van der Waals surface area contributed by atoms with Crippen molar-refractivity contribution in [2.45, 2.75) is 131 Å². The molecular formula is C32H48O6. The SMILES string of the molecule is CC(=O)OC1OC(C2OC2(C)C)C[C@@H]1[C@H]1CC=C2C3(C)C(O)CC4C(C)(C)C(=O)CC[C@]4(C)[C@H]3CC[C@@]21C. The van der Waals surface area contributed by atoms with Crippen molar-refractivity contribution in [3.63, 3.8) is 0 Å². The van der Waals surface area contributed by atoms with Gasteiger partial charge in [-0.25, -0.2) is 0 Å². The zero-order valence-corrected chi connectivity index (χ0v) is 24.6. The number of esters is 1. The molecule has 6 rings (SSSR count). The molecule has 0 aromatic carbocycles. The zero-order valence-electron chi connectivity index (χ0n) is 24.6. The highest BCUT2D eigenvalue weighted by Crippen LogP contribution is 2.73. The number of rotatable bonds is 3. The standard InChI is InChI=1S/C32H48O6/c1-17(33)36-27-18(15-20(37-27)26-29(4,5)38-26)19-9-10-21-30(19,6)13-11-22-31(7)14-12-24(34)28(2,3)23(31)16-25(35)32(21,22)8/h10,18-20,22-23,25-27,35H,9,11-16H2,1-8H3/t18-,19-,20?,22-,23?,25?,26?,27?,30-,31-,32?/m1/s1. The molecule has 212 valence electrons. The van der Waals surface area contributed by atoms with Gasteiger partial charge in [-0.05, 0) is 81.0 Å². The number of hydrogen-bond donors (Lipinski definition) is 1. The van der Waals surface area contributed by atoms with Gasteiger partial charge in [-0.3, -0.25) is 9.59 Å². The molecule has 5 fully saturated rings. The first-order valence-corrected chi connectivity index (χ1v) is 15.0. The summed E-state index contributed by atoms with van der Waals surface area (Å²) in [7, 11) is 0. The van der Waals surface area contributed by atoms with Crippen molar-refractivity contribution in [1.29, 1.82) is 0 Å². The Morgan fingerprint density at radius 3 is 2.37 bits per heavy atom. The van der Waals surface area contributed by atoms with Crippen molar-refractivity contribution >= 4 is 11.8 Å². The van der Waals surface area contributed by atoms with Crippen LogP contribution >= 0.6 is 0 Å². The Balaban J connectivity index is 1.31. The number of ketones is 1. The van der Waals surface area contributed by atoms with Gasteiger partial charge in [-0.1, -0.05) is 46.3 Å². The minimum atomic E-state index is -0.555. The molecule has 6 unspecified atom stereocenters. The van der Waals surface area contributed by atoms with E-state index in [4.69, 9.17) is 14.2 Å². The summed E-state index contributed by atoms with van der Waals surface area (Å²) < 4.78 is 18.1. The molecule has 3 saturated carbocycles. The third-order valence-corrected chi connectivity index (χ3v) is 12.8. The number of fused-ring (bicyclic) bond motifs is 5. The third-order valence-electron chi connectivity index (χ3n) is 12.8. The fourth-order valence-electron chi connectivity index (χ4n) is 10.8. The Labute approximate surface area is 228 Å². The second-order valence-corrected chi connectivity index (χ2v) is 15.4. The van der Waals surface area contributed by atoms with Crippen LogP contribution in [0.25, 0.3) is 0 Å². The third kappa shape index (κ3) is 3.48. The molecule has 0 amide bonds. The summed E-state index contributed by atoms with van der Waals surface area (Å²) >= 11 is 0. The van der Waals surface area contributed by atoms with Crippen LogP contribution in [0.15, 0.2) is 11.6 Å². The van der Waals surface area contributed by atoms with E-state index in [1.54, 1.807) is 0 Å². The molecule has 1 N–H and O–H groups in total. The number of carbonyl (C=O) groups excluding carboxylic acids is 2. The van der Waals surface area contributed by atoms with Gasteiger partial charge >= 0.3 is 5.97 Å². The summed E-state index contributed by atoms with van der Waals surface area (Å²) in [6.07, 6.45) is 7.45. The van der Waals surface area contributed by atoms with E-state index in [0.717, 1.165) is 32.1 Å². The molecule has 0 aromatic heterocycles. The number of Topliss-reactive ketones (excluding diaryl/α,β-unsaturated/α-hetero) is 1. The van der Waals surface area contributed by atoms with Gasteiger partial charge in [0.2, 0.25) is 6.29 Å². The molecule has 0 aromatic rings. The summed E-state index contributed by atoms with van der Waals surface area (Å²) in [6.45, 7) is 17.0. The number of hydrogen-bond acceptors (Lipinski definition) is 6. The van der Waals surface area contributed by atoms with Gasteiger partial charge in [0.05, 0.1) is 17.8 Å². The highest BCUT2D eigenvalue weighted by molar-refractivity contribution is 5.85. The maximum Gasteiger partial charge on any atom is 0.304 e. The van der Waals surface area contributed by atoms with E-state index in [9.17, 15) is 14.7 Å². The van der Waals surface area contributed by atoms with E-state index in [1.165, 1.54) is 12.5 Å². The van der Waals surface area contributed by atoms with E-state index in [-0.39, 0.29) is 57.8 Å². The first-order valence-electron chi connectivity index (χ1n) is 15.0. The molecule has 6 nitrogen and oxygen atoms in total. The van der Waals surface area contributed by atoms with Crippen LogP contribution in [0, 0.1) is 45.3 Å². The summed E-state index contributed by atoms with van der Waals surface area (Å²) in [5, 5.41) is 11.9. The average molecular weight is 529 g/mol. The highest BCUT2D eigenvalue weighted by atomic mass is 16.7. The molecule has 4 aliphatic carbocycles. The molecule has 2 heterocycles. The Kier molecular flexibility index (Phi) is 5.79. The molecule has 0 spiro atoms. The van der Waals surface area contributed by atoms with Crippen LogP contribution in [-0.4, -0.2) is 47.1 Å². The maximum atomic E-state index is 13.0. The molecule has 2 saturated heterocycles. The molecule has 0 bridgehead atoms. The molecule has 2 aliphatic heterocycles. The largest absolute Gasteiger partial charge is 0.436 e. The molecule has 6 heteroatoms. The maximum absolute atomic E-state index is 13.0. The van der Waals surface area contributed by atoms with Crippen molar-refractivity contribution in [3.8, 4) is 0 Å². The van der Waals surface area contributed by atoms with Crippen LogP contribution in [0.1, 0.15) is 100 Å². The lowest BCUT2D eigenvalue weighted by atomic mass is 9.37. The fraction of sp³-hybridized carbons (Fsp3) is 0.875. The number of carbonyl (C=O) groups is 2. The Morgan fingerprint density at radius 1 is 1.05 bits per heavy atom. The topological polar surface area (TPSA) is 85.4 Å². The summed E-state index contributed by atoms with van der Waals surface area (Å²) in [5.74, 6) is 0.968. The van der Waals surface area contributed by atoms with E-state index < -0.39 is 17.8 Å². The van der Waals surface area contributed by atoms with Gasteiger partial charge < -0.3 is 19.3 Å². The Hall–Kier alpha value is -1.24. The second kappa shape index (κ2) is 8.16. The van der Waals surface area contributed by atoms with Gasteiger partial charge in [0.1, 0.15) is 11.9 Å². The highest BCUT2D eigenvalue weighted by Gasteiger charge is 2.69. The predicted octanol–water partition coefficient (Wildman–Crippen LogP) is 5.60. The lowest BCUT2D eigenvalue weighted by Crippen LogP contribution is -2.65. The monoisotopic (exact) mass is 528 g/mol. The van der Waals surface area contributed by atoms with Crippen molar-refractivity contribution in [2.75, 3.05) is 0 Å². The van der Waals surface area contributed by atoms with E-state index >= 15 is 0 Å². The molecule has 6 aliphatic rings. The molecule has 11 atom stereocenters. The number of aliphatic hydroxyl groups is 1. The van der Waals surface area contributed by atoms with Crippen LogP contribution in [-0.2, 0) is 23.8 Å². The molecular weight excluding hydrogens is 480 g/mol. The van der Waals surface area contributed by atoms with Crippen LogP contribution in [0.4, 0.5) is 0 Å². The van der Waals surface area contributed by atoms with E-state index in [2.05, 4.69) is 54.5 Å². The number of ether oxygens (including phenoxy) is 3. The number of aliphatic hydroxyl groups excluding tert-OH is 1. The first kappa shape index (κ1) is 27.0. The normalized spacial score (nSPS) is 52.4. The van der Waals surface area contributed by atoms with Crippen molar-refractivity contribution in [1.82, 2.24) is 0 Å². The minimum Gasteiger partial charge on any atom is -0.436 e. The molecule has 0 radical (unpaired) electrons. The van der Waals surface area contributed by atoms with Gasteiger partial charge in [0.15, 0.2) is 0 Å².